The molecule has 16 nitrogen and oxygen atoms in total. The van der Waals surface area contributed by atoms with Crippen molar-refractivity contribution in [1.82, 2.24) is 0 Å². The summed E-state index contributed by atoms with van der Waals surface area (Å²) >= 11 is 0. The number of hydrogen-bond acceptors (Lipinski definition) is 12. The highest BCUT2D eigenvalue weighted by molar-refractivity contribution is 5.68. The number of benzene rings is 8. The van der Waals surface area contributed by atoms with Gasteiger partial charge in [-0.2, -0.15) is 0 Å². The topological polar surface area (TPSA) is 209 Å². The molecule has 0 radical (unpaired) electrons. The van der Waals surface area contributed by atoms with Crippen LogP contribution in [0.25, 0.3) is 44.5 Å². The first-order valence-electron chi connectivity index (χ1n) is 21.3. The zero-order valence-electron chi connectivity index (χ0n) is 36.5. The van der Waals surface area contributed by atoms with Crippen molar-refractivity contribution in [2.45, 2.75) is 0 Å². The zero-order chi connectivity index (χ0) is 48.3. The number of ether oxygens (including phenoxy) is 4. The highest BCUT2D eigenvalue weighted by Crippen LogP contribution is 2.32. The molecule has 0 aromatic heterocycles. The molecule has 0 N–H and O–H groups in total. The van der Waals surface area contributed by atoms with E-state index in [0.29, 0.717) is 23.0 Å². The summed E-state index contributed by atoms with van der Waals surface area (Å²) in [6, 6.07) is 54.3. The maximum Gasteiger partial charge on any atom is 0.269 e. The summed E-state index contributed by atoms with van der Waals surface area (Å²) in [5.41, 5.74) is 5.39. The fraction of sp³-hybridized carbons (Fsp3) is 0.0943. The summed E-state index contributed by atoms with van der Waals surface area (Å²) in [7, 11) is 0. The molecular weight excluding hydrogens is 885 g/mol. The van der Waals surface area contributed by atoms with Crippen LogP contribution in [-0.2, 0) is 0 Å². The minimum Gasteiger partial charge on any atom is -0.493 e. The maximum atomic E-state index is 11.2. The average molecular weight is 925 g/mol. The van der Waals surface area contributed by atoms with Crippen LogP contribution in [0.4, 0.5) is 22.7 Å². The first kappa shape index (κ1) is 46.1. The van der Waals surface area contributed by atoms with Gasteiger partial charge in [-0.3, -0.25) is 40.5 Å². The van der Waals surface area contributed by atoms with Gasteiger partial charge in [-0.05, 0) is 142 Å². The third-order valence-corrected chi connectivity index (χ3v) is 11.2. The molecule has 344 valence electrons. The Kier molecular flexibility index (Phi) is 13.9. The lowest BCUT2D eigenvalue weighted by Gasteiger charge is -2.33. The van der Waals surface area contributed by atoms with Crippen LogP contribution in [0.15, 0.2) is 194 Å². The lowest BCUT2D eigenvalue weighted by Crippen LogP contribution is -2.45. The number of hydrogen-bond donors (Lipinski definition) is 0. The molecule has 8 aromatic carbocycles. The third-order valence-electron chi connectivity index (χ3n) is 11.2. The van der Waals surface area contributed by atoms with Gasteiger partial charge in [0.1, 0.15) is 54.8 Å². The SMILES string of the molecule is O=[N+]([O-])c1ccc(-c2ccc(OCC(COc3ccc(-c4ccc([N+](=O)[O-])cc4)cc3)(COc3ccc(-c4ccc([N+](=O)[O-])cc4)cc3)COc3ccc(-c4ccc([N+](=O)[O-])cc4)cc3)cc2)cc1. The lowest BCUT2D eigenvalue weighted by molar-refractivity contribution is -0.385. The number of non-ortho nitro benzene ring substituents is 4. The van der Waals surface area contributed by atoms with Crippen molar-refractivity contribution in [2.24, 2.45) is 5.41 Å². The molecule has 8 aromatic rings. The Balaban J connectivity index is 1.07. The van der Waals surface area contributed by atoms with E-state index in [0.717, 1.165) is 44.5 Å². The van der Waals surface area contributed by atoms with Gasteiger partial charge in [0.15, 0.2) is 0 Å². The molecule has 0 heterocycles. The van der Waals surface area contributed by atoms with Crippen LogP contribution in [-0.4, -0.2) is 46.1 Å². The van der Waals surface area contributed by atoms with Crippen LogP contribution >= 0.6 is 0 Å². The van der Waals surface area contributed by atoms with Gasteiger partial charge in [0, 0.05) is 48.5 Å². The Morgan fingerprint density at radius 3 is 0.551 bits per heavy atom. The van der Waals surface area contributed by atoms with Gasteiger partial charge < -0.3 is 18.9 Å². The second kappa shape index (κ2) is 20.8. The smallest absolute Gasteiger partial charge is 0.269 e. The Morgan fingerprint density at radius 2 is 0.406 bits per heavy atom. The van der Waals surface area contributed by atoms with Crippen LogP contribution in [0.2, 0.25) is 0 Å². The molecule has 0 spiro atoms. The monoisotopic (exact) mass is 924 g/mol. The standard InChI is InChI=1S/C53H40N4O12/c58-54(59)45-17-1-37(2-18-45)41-9-25-49(26-10-41)66-33-53(34-67-50-27-11-42(12-28-50)38-3-19-46(20-4-38)55(60)61,35-68-51-29-13-43(14-30-51)39-5-21-47(22-6-39)56(62)63)36-69-52-31-15-44(16-32-52)40-7-23-48(24-8-40)57(64)65/h1-32H,33-36H2. The van der Waals surface area contributed by atoms with Crippen LogP contribution in [0.3, 0.4) is 0 Å². The van der Waals surface area contributed by atoms with Gasteiger partial charge in [0.2, 0.25) is 0 Å². The van der Waals surface area contributed by atoms with E-state index in [2.05, 4.69) is 0 Å². The van der Waals surface area contributed by atoms with E-state index >= 15 is 0 Å². The van der Waals surface area contributed by atoms with Crippen molar-refractivity contribution in [3.63, 3.8) is 0 Å². The van der Waals surface area contributed by atoms with Crippen molar-refractivity contribution < 1.29 is 38.6 Å². The molecule has 0 aliphatic heterocycles. The van der Waals surface area contributed by atoms with Gasteiger partial charge in [-0.25, -0.2) is 0 Å². The predicted octanol–water partition coefficient (Wildman–Crippen LogP) is 12.6. The summed E-state index contributed by atoms with van der Waals surface area (Å²) < 4.78 is 26.1. The second-order valence-corrected chi connectivity index (χ2v) is 16.0. The summed E-state index contributed by atoms with van der Waals surface area (Å²) in [6.07, 6.45) is 0. The summed E-state index contributed by atoms with van der Waals surface area (Å²) in [5.74, 6) is 2.10. The molecule has 16 heteroatoms. The van der Waals surface area contributed by atoms with Crippen molar-refractivity contribution >= 4 is 22.7 Å². The Morgan fingerprint density at radius 1 is 0.261 bits per heavy atom. The number of nitro groups is 4. The van der Waals surface area contributed by atoms with Crippen LogP contribution in [0.5, 0.6) is 23.0 Å². The maximum absolute atomic E-state index is 11.2. The van der Waals surface area contributed by atoms with E-state index in [4.69, 9.17) is 18.9 Å². The summed E-state index contributed by atoms with van der Waals surface area (Å²) in [5, 5.41) is 44.9. The van der Waals surface area contributed by atoms with Gasteiger partial charge in [-0.1, -0.05) is 48.5 Å². The fourth-order valence-electron chi connectivity index (χ4n) is 7.27. The average Bonchev–Trinajstić information content (AvgIpc) is 3.39. The first-order valence-corrected chi connectivity index (χ1v) is 21.3. The lowest BCUT2D eigenvalue weighted by atomic mass is 9.91. The molecule has 0 saturated carbocycles. The van der Waals surface area contributed by atoms with E-state index in [1.54, 1.807) is 97.1 Å². The normalized spacial score (nSPS) is 11.0. The van der Waals surface area contributed by atoms with Crippen molar-refractivity contribution in [3.05, 3.63) is 235 Å². The minimum atomic E-state index is -1.01. The van der Waals surface area contributed by atoms with Gasteiger partial charge in [0.25, 0.3) is 22.7 Å². The van der Waals surface area contributed by atoms with Gasteiger partial charge in [0.05, 0.1) is 19.7 Å². The molecular formula is C53H40N4O12. The number of nitrogens with zero attached hydrogens (tertiary/aromatic N) is 4. The van der Waals surface area contributed by atoms with Crippen LogP contribution in [0, 0.1) is 45.9 Å². The molecule has 0 amide bonds. The van der Waals surface area contributed by atoms with Gasteiger partial charge in [-0.15, -0.1) is 0 Å². The largest absolute Gasteiger partial charge is 0.493 e. The van der Waals surface area contributed by atoms with E-state index in [1.807, 2.05) is 48.5 Å². The molecule has 0 aliphatic carbocycles. The zero-order valence-corrected chi connectivity index (χ0v) is 36.5. The Labute approximate surface area is 394 Å². The molecule has 0 aliphatic rings. The third kappa shape index (κ3) is 11.7. The van der Waals surface area contributed by atoms with Crippen LogP contribution in [0.1, 0.15) is 0 Å². The second-order valence-electron chi connectivity index (χ2n) is 16.0. The van der Waals surface area contributed by atoms with Crippen molar-refractivity contribution in [1.29, 1.82) is 0 Å². The molecule has 0 fully saturated rings. The summed E-state index contributed by atoms with van der Waals surface area (Å²) in [4.78, 5) is 43.1. The predicted molar refractivity (Wildman–Crippen MR) is 259 cm³/mol. The molecule has 69 heavy (non-hydrogen) atoms. The molecule has 0 unspecified atom stereocenters. The van der Waals surface area contributed by atoms with Crippen LogP contribution < -0.4 is 18.9 Å². The minimum absolute atomic E-state index is 0.0111. The Bertz CT molecular complexity index is 2630. The molecule has 0 atom stereocenters. The van der Waals surface area contributed by atoms with Crippen molar-refractivity contribution in [3.8, 4) is 67.5 Å². The molecule has 0 bridgehead atoms. The first-order chi connectivity index (χ1) is 33.4. The Hall–Kier alpha value is -9.44. The van der Waals surface area contributed by atoms with Gasteiger partial charge >= 0.3 is 0 Å². The fourth-order valence-corrected chi connectivity index (χ4v) is 7.27. The number of nitro benzene ring substituents is 4. The van der Waals surface area contributed by atoms with E-state index < -0.39 is 25.1 Å². The van der Waals surface area contributed by atoms with E-state index in [-0.39, 0.29) is 49.2 Å². The van der Waals surface area contributed by atoms with E-state index in [1.165, 1.54) is 48.5 Å². The van der Waals surface area contributed by atoms with E-state index in [9.17, 15) is 40.5 Å². The highest BCUT2D eigenvalue weighted by atomic mass is 16.6. The molecule has 0 saturated heterocycles. The highest BCUT2D eigenvalue weighted by Gasteiger charge is 2.36. The number of rotatable bonds is 20. The van der Waals surface area contributed by atoms with Crippen molar-refractivity contribution in [2.75, 3.05) is 26.4 Å². The molecule has 8 rings (SSSR count). The quantitative estimate of drug-likeness (QED) is 0.0516. The summed E-state index contributed by atoms with van der Waals surface area (Å²) in [6.45, 7) is 0.137.